The van der Waals surface area contributed by atoms with Crippen molar-refractivity contribution in [3.05, 3.63) is 34.9 Å². The lowest BCUT2D eigenvalue weighted by molar-refractivity contribution is -0.137. The van der Waals surface area contributed by atoms with E-state index in [-0.39, 0.29) is 23.7 Å². The highest BCUT2D eigenvalue weighted by molar-refractivity contribution is 6.30. The second kappa shape index (κ2) is 7.20. The Kier molecular flexibility index (Phi) is 5.76. The standard InChI is InChI=1S/C17H23ClN2O.ClH/c1-20(15-8-11-19-12-15)16(21)17(9-2-3-10-17)13-4-6-14(18)7-5-13;/h4-7,15,19H,2-3,8-12H2,1H3;1H. The van der Waals surface area contributed by atoms with Gasteiger partial charge < -0.3 is 10.2 Å². The molecule has 0 radical (unpaired) electrons. The molecule has 1 N–H and O–H groups in total. The van der Waals surface area contributed by atoms with E-state index in [1.807, 2.05) is 36.2 Å². The molecule has 3 nitrogen and oxygen atoms in total. The number of carbonyl (C=O) groups excluding carboxylic acids is 1. The molecule has 1 aliphatic heterocycles. The zero-order valence-electron chi connectivity index (χ0n) is 13.0. The first-order chi connectivity index (χ1) is 10.1. The minimum Gasteiger partial charge on any atom is -0.341 e. The molecule has 1 saturated carbocycles. The number of likely N-dealkylation sites (N-methyl/N-ethyl adjacent to an activating group) is 1. The number of hydrogen-bond donors (Lipinski definition) is 1. The predicted octanol–water partition coefficient (Wildman–Crippen LogP) is 3.39. The van der Waals surface area contributed by atoms with Crippen molar-refractivity contribution in [2.24, 2.45) is 0 Å². The summed E-state index contributed by atoms with van der Waals surface area (Å²) in [5.41, 5.74) is 0.800. The van der Waals surface area contributed by atoms with Gasteiger partial charge in [0.05, 0.1) is 5.41 Å². The molecular weight excluding hydrogens is 319 g/mol. The Morgan fingerprint density at radius 1 is 1.27 bits per heavy atom. The summed E-state index contributed by atoms with van der Waals surface area (Å²) in [6, 6.07) is 8.21. The molecule has 1 aromatic carbocycles. The average Bonchev–Trinajstić information content (AvgIpc) is 3.18. The van der Waals surface area contributed by atoms with Gasteiger partial charge in [0.15, 0.2) is 0 Å². The Balaban J connectivity index is 0.00000176. The lowest BCUT2D eigenvalue weighted by Crippen LogP contribution is -2.48. The van der Waals surface area contributed by atoms with Gasteiger partial charge in [-0.05, 0) is 43.5 Å². The summed E-state index contributed by atoms with van der Waals surface area (Å²) in [6.45, 7) is 1.93. The van der Waals surface area contributed by atoms with Gasteiger partial charge in [0.1, 0.15) is 0 Å². The maximum absolute atomic E-state index is 13.2. The Morgan fingerprint density at radius 2 is 1.91 bits per heavy atom. The molecule has 2 fully saturated rings. The molecule has 0 aromatic heterocycles. The van der Waals surface area contributed by atoms with E-state index in [4.69, 9.17) is 11.6 Å². The largest absolute Gasteiger partial charge is 0.341 e. The van der Waals surface area contributed by atoms with Crippen LogP contribution in [0.1, 0.15) is 37.7 Å². The van der Waals surface area contributed by atoms with Gasteiger partial charge in [-0.3, -0.25) is 4.79 Å². The normalized spacial score (nSPS) is 23.1. The number of halogens is 2. The van der Waals surface area contributed by atoms with Crippen LogP contribution in [0.3, 0.4) is 0 Å². The van der Waals surface area contributed by atoms with Gasteiger partial charge in [-0.25, -0.2) is 0 Å². The van der Waals surface area contributed by atoms with Crippen molar-refractivity contribution in [3.8, 4) is 0 Å². The number of nitrogens with zero attached hydrogens (tertiary/aromatic N) is 1. The van der Waals surface area contributed by atoms with E-state index in [9.17, 15) is 4.79 Å². The lowest BCUT2D eigenvalue weighted by atomic mass is 9.77. The number of nitrogens with one attached hydrogen (secondary N) is 1. The van der Waals surface area contributed by atoms with Crippen molar-refractivity contribution >= 4 is 29.9 Å². The number of carbonyl (C=O) groups is 1. The van der Waals surface area contributed by atoms with Gasteiger partial charge in [0, 0.05) is 24.7 Å². The van der Waals surface area contributed by atoms with Crippen LogP contribution in [-0.4, -0.2) is 37.0 Å². The van der Waals surface area contributed by atoms with Crippen molar-refractivity contribution in [1.29, 1.82) is 0 Å². The molecule has 122 valence electrons. The van der Waals surface area contributed by atoms with E-state index in [1.54, 1.807) is 0 Å². The van der Waals surface area contributed by atoms with Crippen LogP contribution >= 0.6 is 24.0 Å². The highest BCUT2D eigenvalue weighted by atomic mass is 35.5. The monoisotopic (exact) mass is 342 g/mol. The average molecular weight is 343 g/mol. The van der Waals surface area contributed by atoms with Crippen molar-refractivity contribution in [1.82, 2.24) is 10.2 Å². The van der Waals surface area contributed by atoms with E-state index >= 15 is 0 Å². The van der Waals surface area contributed by atoms with Gasteiger partial charge >= 0.3 is 0 Å². The minimum absolute atomic E-state index is 0. The summed E-state index contributed by atoms with van der Waals surface area (Å²) in [5, 5.41) is 4.08. The zero-order chi connectivity index (χ0) is 14.9. The van der Waals surface area contributed by atoms with Crippen molar-refractivity contribution in [2.75, 3.05) is 20.1 Å². The summed E-state index contributed by atoms with van der Waals surface area (Å²) in [7, 11) is 1.97. The second-order valence-corrected chi connectivity index (χ2v) is 6.80. The van der Waals surface area contributed by atoms with E-state index in [1.165, 1.54) is 0 Å². The number of hydrogen-bond acceptors (Lipinski definition) is 2. The fourth-order valence-corrected chi connectivity index (χ4v) is 3.97. The Morgan fingerprint density at radius 3 is 2.45 bits per heavy atom. The molecule has 22 heavy (non-hydrogen) atoms. The van der Waals surface area contributed by atoms with Crippen LogP contribution < -0.4 is 5.32 Å². The molecule has 1 saturated heterocycles. The molecule has 0 bridgehead atoms. The number of rotatable bonds is 3. The lowest BCUT2D eigenvalue weighted by Gasteiger charge is -2.35. The first kappa shape index (κ1) is 17.6. The van der Waals surface area contributed by atoms with E-state index in [0.29, 0.717) is 6.04 Å². The van der Waals surface area contributed by atoms with Gasteiger partial charge in [-0.1, -0.05) is 36.6 Å². The van der Waals surface area contributed by atoms with E-state index < -0.39 is 0 Å². The van der Waals surface area contributed by atoms with Crippen LogP contribution in [0.5, 0.6) is 0 Å². The highest BCUT2D eigenvalue weighted by Gasteiger charge is 2.45. The molecule has 2 aliphatic rings. The van der Waals surface area contributed by atoms with Crippen LogP contribution in [0.4, 0.5) is 0 Å². The third-order valence-electron chi connectivity index (χ3n) is 5.17. The summed E-state index contributed by atoms with van der Waals surface area (Å²) in [6.07, 6.45) is 5.23. The zero-order valence-corrected chi connectivity index (χ0v) is 14.6. The Hall–Kier alpha value is -0.770. The predicted molar refractivity (Wildman–Crippen MR) is 92.9 cm³/mol. The van der Waals surface area contributed by atoms with Crippen molar-refractivity contribution < 1.29 is 4.79 Å². The number of amides is 1. The van der Waals surface area contributed by atoms with Crippen molar-refractivity contribution in [2.45, 2.75) is 43.6 Å². The molecule has 5 heteroatoms. The second-order valence-electron chi connectivity index (χ2n) is 6.36. The van der Waals surface area contributed by atoms with Crippen LogP contribution in [0.25, 0.3) is 0 Å². The highest BCUT2D eigenvalue weighted by Crippen LogP contribution is 2.43. The molecule has 3 rings (SSSR count). The number of benzene rings is 1. The molecule has 1 atom stereocenters. The summed E-state index contributed by atoms with van der Waals surface area (Å²) >= 11 is 6.01. The first-order valence-electron chi connectivity index (χ1n) is 7.87. The van der Waals surface area contributed by atoms with Gasteiger partial charge in [-0.15, -0.1) is 12.4 Å². The smallest absolute Gasteiger partial charge is 0.233 e. The molecular formula is C17H24Cl2N2O. The van der Waals surface area contributed by atoms with Gasteiger partial charge in [0.2, 0.25) is 5.91 Å². The molecule has 1 amide bonds. The maximum Gasteiger partial charge on any atom is 0.233 e. The Labute approximate surface area is 143 Å². The topological polar surface area (TPSA) is 32.3 Å². The maximum atomic E-state index is 13.2. The minimum atomic E-state index is -0.331. The molecule has 1 aromatic rings. The fraction of sp³-hybridized carbons (Fsp3) is 0.588. The summed E-state index contributed by atoms with van der Waals surface area (Å²) < 4.78 is 0. The summed E-state index contributed by atoms with van der Waals surface area (Å²) in [4.78, 5) is 15.2. The molecule has 0 spiro atoms. The SMILES string of the molecule is CN(C(=O)C1(c2ccc(Cl)cc2)CCCC1)C1CCNC1.Cl. The van der Waals surface area contributed by atoms with Gasteiger partial charge in [-0.2, -0.15) is 0 Å². The van der Waals surface area contributed by atoms with Crippen LogP contribution in [0, 0.1) is 0 Å². The Bertz CT molecular complexity index is 506. The summed E-state index contributed by atoms with van der Waals surface area (Å²) in [5.74, 6) is 0.288. The van der Waals surface area contributed by atoms with Crippen LogP contribution in [-0.2, 0) is 10.2 Å². The third kappa shape index (κ3) is 3.12. The van der Waals surface area contributed by atoms with E-state index in [0.717, 1.165) is 55.8 Å². The van der Waals surface area contributed by atoms with Gasteiger partial charge in [0.25, 0.3) is 0 Å². The quantitative estimate of drug-likeness (QED) is 0.912. The van der Waals surface area contributed by atoms with Crippen molar-refractivity contribution in [3.63, 3.8) is 0 Å². The molecule has 1 unspecified atom stereocenters. The molecule has 1 aliphatic carbocycles. The molecule has 1 heterocycles. The van der Waals surface area contributed by atoms with E-state index in [2.05, 4.69) is 5.32 Å². The third-order valence-corrected chi connectivity index (χ3v) is 5.42. The first-order valence-corrected chi connectivity index (χ1v) is 8.25. The fourth-order valence-electron chi connectivity index (χ4n) is 3.85. The van der Waals surface area contributed by atoms with Crippen LogP contribution in [0.2, 0.25) is 5.02 Å². The van der Waals surface area contributed by atoms with Crippen LogP contribution in [0.15, 0.2) is 24.3 Å².